The van der Waals surface area contributed by atoms with E-state index in [-0.39, 0.29) is 23.0 Å². The minimum absolute atomic E-state index is 0.0221. The molecule has 2 aliphatic heterocycles. The van der Waals surface area contributed by atoms with Gasteiger partial charge in [0.15, 0.2) is 11.2 Å². The van der Waals surface area contributed by atoms with Crippen molar-refractivity contribution in [3.05, 3.63) is 180 Å². The van der Waals surface area contributed by atoms with Gasteiger partial charge in [-0.2, -0.15) is 0 Å². The third-order valence-electron chi connectivity index (χ3n) is 15.1. The number of rotatable bonds is 4. The Morgan fingerprint density at radius 1 is 0.420 bits per heavy atom. The van der Waals surface area contributed by atoms with E-state index in [1.807, 2.05) is 0 Å². The third kappa shape index (κ3) is 6.16. The fraction of sp³-hybridized carbons (Fsp3) is 0.206. The molecule has 5 nitrogen and oxygen atoms in total. The van der Waals surface area contributed by atoms with Crippen LogP contribution in [0, 0.1) is 6.92 Å². The quantitative estimate of drug-likeness (QED) is 0.165. The Bertz CT molecular complexity index is 3860. The first-order valence-corrected chi connectivity index (χ1v) is 24.5. The number of anilines is 6. The second-order valence-corrected chi connectivity index (χ2v) is 22.7. The van der Waals surface area contributed by atoms with Gasteiger partial charge < -0.3 is 23.2 Å². The van der Waals surface area contributed by atoms with Crippen LogP contribution < -0.4 is 26.2 Å². The monoisotopic (exact) mass is 897 g/mol. The standard InChI is InChI=1S/C63H56BN3O2/c1-37-33-52-56-53(34-37)67-57-47(60-58(67)46-15-11-12-20-54(46)68-60)17-13-18-49(57)64(56)48-32-30-43(65(41-26-21-38(22-27-41)61(2,3)4)42-28-23-39(24-29-42)62(5,6)7)36-51(48)66(52)50-19-14-16-45-44-31-25-40(63(8,9)10)35-55(44)69-59(45)50/h11-36H,1-10H3. The summed E-state index contributed by atoms with van der Waals surface area (Å²) in [6.07, 6.45) is 0. The Balaban J connectivity index is 1.12. The van der Waals surface area contributed by atoms with Gasteiger partial charge in [0.2, 0.25) is 0 Å². The highest BCUT2D eigenvalue weighted by Crippen LogP contribution is 2.49. The summed E-state index contributed by atoms with van der Waals surface area (Å²) in [5.74, 6) is 0. The molecule has 69 heavy (non-hydrogen) atoms. The predicted octanol–water partition coefficient (Wildman–Crippen LogP) is 15.7. The lowest BCUT2D eigenvalue weighted by molar-refractivity contribution is 0.587. The Morgan fingerprint density at radius 3 is 1.71 bits per heavy atom. The number of nitrogens with zero attached hydrogens (tertiary/aromatic N) is 3. The van der Waals surface area contributed by atoms with Crippen LogP contribution >= 0.6 is 0 Å². The highest BCUT2D eigenvalue weighted by Gasteiger charge is 2.43. The van der Waals surface area contributed by atoms with Gasteiger partial charge in [0.1, 0.15) is 16.7 Å². The number of benzene rings is 8. The van der Waals surface area contributed by atoms with Gasteiger partial charge in [-0.15, -0.1) is 0 Å². The van der Waals surface area contributed by atoms with E-state index in [1.54, 1.807) is 0 Å². The van der Waals surface area contributed by atoms with E-state index in [4.69, 9.17) is 8.83 Å². The van der Waals surface area contributed by atoms with Crippen LogP contribution in [-0.2, 0) is 16.2 Å². The highest BCUT2D eigenvalue weighted by atomic mass is 16.3. The van der Waals surface area contributed by atoms with Crippen LogP contribution in [0.3, 0.4) is 0 Å². The number of aromatic nitrogens is 1. The minimum Gasteiger partial charge on any atom is -0.454 e. The van der Waals surface area contributed by atoms with Gasteiger partial charge in [0.25, 0.3) is 6.71 Å². The van der Waals surface area contributed by atoms with Gasteiger partial charge in [-0.3, -0.25) is 0 Å². The molecule has 6 heteroatoms. The van der Waals surface area contributed by atoms with Gasteiger partial charge in [-0.1, -0.05) is 141 Å². The van der Waals surface area contributed by atoms with E-state index in [1.165, 1.54) is 49.8 Å². The zero-order valence-corrected chi connectivity index (χ0v) is 41.2. The van der Waals surface area contributed by atoms with E-state index >= 15 is 0 Å². The molecular weight excluding hydrogens is 842 g/mol. The van der Waals surface area contributed by atoms with Gasteiger partial charge in [0.05, 0.1) is 11.2 Å². The maximum atomic E-state index is 7.14. The number of aryl methyl sites for hydroxylation is 1. The zero-order valence-electron chi connectivity index (χ0n) is 41.2. The van der Waals surface area contributed by atoms with E-state index in [0.29, 0.717) is 0 Å². The molecule has 13 rings (SSSR count). The molecule has 2 aliphatic rings. The molecule has 0 saturated carbocycles. The molecule has 0 atom stereocenters. The Kier molecular flexibility index (Phi) is 8.65. The molecule has 0 saturated heterocycles. The zero-order chi connectivity index (χ0) is 47.5. The Labute approximate surface area is 404 Å². The second-order valence-electron chi connectivity index (χ2n) is 22.7. The first kappa shape index (κ1) is 41.7. The number of hydrogen-bond donors (Lipinski definition) is 0. The van der Waals surface area contributed by atoms with Gasteiger partial charge in [-0.05, 0) is 141 Å². The molecule has 3 aromatic heterocycles. The van der Waals surface area contributed by atoms with Gasteiger partial charge in [-0.25, -0.2) is 0 Å². The molecule has 11 aromatic rings. The van der Waals surface area contributed by atoms with Gasteiger partial charge >= 0.3 is 0 Å². The molecule has 0 unspecified atom stereocenters. The van der Waals surface area contributed by atoms with Crippen molar-refractivity contribution in [1.29, 1.82) is 0 Å². The molecule has 338 valence electrons. The minimum atomic E-state index is -0.0489. The van der Waals surface area contributed by atoms with Gasteiger partial charge in [0, 0.05) is 55.7 Å². The smallest absolute Gasteiger partial charge is 0.252 e. The van der Waals surface area contributed by atoms with Crippen molar-refractivity contribution in [2.45, 2.75) is 85.5 Å². The fourth-order valence-electron chi connectivity index (χ4n) is 11.5. The summed E-state index contributed by atoms with van der Waals surface area (Å²) in [6, 6.07) is 59.0. The normalized spacial score (nSPS) is 13.6. The topological polar surface area (TPSA) is 37.7 Å². The summed E-state index contributed by atoms with van der Waals surface area (Å²) in [5.41, 5.74) is 22.6. The molecule has 0 bridgehead atoms. The molecule has 0 radical (unpaired) electrons. The van der Waals surface area contributed by atoms with Crippen molar-refractivity contribution >= 4 is 112 Å². The van der Waals surface area contributed by atoms with Crippen LogP contribution in [0.1, 0.15) is 84.6 Å². The van der Waals surface area contributed by atoms with E-state index in [2.05, 4.69) is 241 Å². The largest absolute Gasteiger partial charge is 0.454 e. The first-order valence-electron chi connectivity index (χ1n) is 24.5. The van der Waals surface area contributed by atoms with Crippen molar-refractivity contribution in [2.24, 2.45) is 0 Å². The van der Waals surface area contributed by atoms with Crippen molar-refractivity contribution in [1.82, 2.24) is 4.57 Å². The number of para-hydroxylation sites is 3. The molecule has 0 spiro atoms. The third-order valence-corrected chi connectivity index (χ3v) is 15.1. The first-order chi connectivity index (χ1) is 33.0. The number of furan rings is 2. The SMILES string of the molecule is Cc1cc2c3c(c1)-n1c4c(cccc4c4oc5ccccc5c41)B3c1ccc(N(c3ccc(C(C)(C)C)cc3)c3ccc(C(C)(C)C)cc3)cc1N2c1cccc2c1oc1cc(C(C)(C)C)ccc12. The Hall–Kier alpha value is -7.44. The number of hydrogen-bond acceptors (Lipinski definition) is 4. The number of fused-ring (bicyclic) bond motifs is 12. The molecule has 5 heterocycles. The lowest BCUT2D eigenvalue weighted by Crippen LogP contribution is -2.60. The maximum Gasteiger partial charge on any atom is 0.252 e. The average Bonchev–Trinajstić information content (AvgIpc) is 3.99. The fourth-order valence-corrected chi connectivity index (χ4v) is 11.5. The Morgan fingerprint density at radius 2 is 1.01 bits per heavy atom. The summed E-state index contributed by atoms with van der Waals surface area (Å²) < 4.78 is 16.4. The molecule has 0 aliphatic carbocycles. The van der Waals surface area contributed by atoms with Crippen LogP contribution in [0.5, 0.6) is 0 Å². The summed E-state index contributed by atoms with van der Waals surface area (Å²) >= 11 is 0. The van der Waals surface area contributed by atoms with Crippen molar-refractivity contribution in [3.63, 3.8) is 0 Å². The molecular formula is C63H56BN3O2. The molecule has 0 fully saturated rings. The van der Waals surface area contributed by atoms with E-state index < -0.39 is 0 Å². The van der Waals surface area contributed by atoms with Crippen molar-refractivity contribution in [2.75, 3.05) is 9.80 Å². The lowest BCUT2D eigenvalue weighted by atomic mass is 9.33. The summed E-state index contributed by atoms with van der Waals surface area (Å²) in [7, 11) is 0. The van der Waals surface area contributed by atoms with Crippen molar-refractivity contribution in [3.8, 4) is 5.69 Å². The average molecular weight is 898 g/mol. The molecule has 0 N–H and O–H groups in total. The second kappa shape index (κ2) is 14.3. The van der Waals surface area contributed by atoms with Crippen LogP contribution in [-0.4, -0.2) is 11.3 Å². The van der Waals surface area contributed by atoms with Crippen LogP contribution in [0.15, 0.2) is 167 Å². The van der Waals surface area contributed by atoms with Crippen LogP contribution in [0.25, 0.3) is 60.6 Å². The van der Waals surface area contributed by atoms with E-state index in [9.17, 15) is 0 Å². The maximum absolute atomic E-state index is 7.14. The van der Waals surface area contributed by atoms with Crippen LogP contribution in [0.2, 0.25) is 0 Å². The van der Waals surface area contributed by atoms with Crippen LogP contribution in [0.4, 0.5) is 34.1 Å². The summed E-state index contributed by atoms with van der Waals surface area (Å²) in [5, 5.41) is 4.48. The van der Waals surface area contributed by atoms with Crippen molar-refractivity contribution < 1.29 is 8.83 Å². The highest BCUT2D eigenvalue weighted by molar-refractivity contribution is 7.00. The lowest BCUT2D eigenvalue weighted by Gasteiger charge is -2.41. The summed E-state index contributed by atoms with van der Waals surface area (Å²) in [6.45, 7) is 22.7. The molecule has 8 aromatic carbocycles. The molecule has 0 amide bonds. The van der Waals surface area contributed by atoms with E-state index in [0.717, 1.165) is 83.5 Å². The summed E-state index contributed by atoms with van der Waals surface area (Å²) in [4.78, 5) is 4.94. The predicted molar refractivity (Wildman–Crippen MR) is 293 cm³/mol.